The Balaban J connectivity index is 2.68. The van der Waals surface area contributed by atoms with E-state index in [-0.39, 0.29) is 0 Å². The van der Waals surface area contributed by atoms with Crippen LogP contribution in [0.1, 0.15) is 10.6 Å². The van der Waals surface area contributed by atoms with Crippen molar-refractivity contribution in [2.75, 3.05) is 0 Å². The third-order valence-electron chi connectivity index (χ3n) is 1.58. The number of aldehydes is 1. The molecule has 0 aromatic heterocycles. The molecule has 0 amide bonds. The summed E-state index contributed by atoms with van der Waals surface area (Å²) in [5.74, 6) is 1.12. The fourth-order valence-electron chi connectivity index (χ4n) is 1.04. The SMILES string of the molecule is O=Cc1ccc2cccc-2o1. The summed E-state index contributed by atoms with van der Waals surface area (Å²) in [6, 6.07) is 9.19. The van der Waals surface area contributed by atoms with Crippen LogP contribution >= 0.6 is 0 Å². The van der Waals surface area contributed by atoms with Crippen molar-refractivity contribution in [1.29, 1.82) is 0 Å². The van der Waals surface area contributed by atoms with Gasteiger partial charge in [0, 0.05) is 5.56 Å². The fourth-order valence-corrected chi connectivity index (χ4v) is 1.04. The van der Waals surface area contributed by atoms with Gasteiger partial charge in [-0.15, -0.1) is 0 Å². The maximum atomic E-state index is 10.3. The summed E-state index contributed by atoms with van der Waals surface area (Å²) in [6.07, 6.45) is 0.701. The highest BCUT2D eigenvalue weighted by Gasteiger charge is 2.03. The highest BCUT2D eigenvalue weighted by atomic mass is 16.3. The van der Waals surface area contributed by atoms with Crippen molar-refractivity contribution in [2.45, 2.75) is 0 Å². The summed E-state index contributed by atoms with van der Waals surface area (Å²) >= 11 is 0. The van der Waals surface area contributed by atoms with Crippen LogP contribution in [0, 0.1) is 0 Å². The first-order valence-corrected chi connectivity index (χ1v) is 3.34. The van der Waals surface area contributed by atoms with Crippen LogP contribution in [0.5, 0.6) is 0 Å². The van der Waals surface area contributed by atoms with Gasteiger partial charge in [-0.05, 0) is 18.2 Å². The summed E-state index contributed by atoms with van der Waals surface area (Å²) in [7, 11) is 0. The topological polar surface area (TPSA) is 30.2 Å². The van der Waals surface area contributed by atoms with Crippen molar-refractivity contribution in [2.24, 2.45) is 0 Å². The molecular weight excluding hydrogens is 140 g/mol. The summed E-state index contributed by atoms with van der Waals surface area (Å²) in [4.78, 5) is 10.3. The molecular formula is C9H6O2. The van der Waals surface area contributed by atoms with Crippen LogP contribution in [0.2, 0.25) is 0 Å². The van der Waals surface area contributed by atoms with E-state index in [4.69, 9.17) is 4.42 Å². The van der Waals surface area contributed by atoms with Gasteiger partial charge in [0.05, 0.1) is 0 Å². The van der Waals surface area contributed by atoms with Gasteiger partial charge in [0.25, 0.3) is 0 Å². The molecule has 0 atom stereocenters. The van der Waals surface area contributed by atoms with E-state index in [2.05, 4.69) is 0 Å². The van der Waals surface area contributed by atoms with E-state index >= 15 is 0 Å². The molecule has 0 unspecified atom stereocenters. The molecule has 0 spiro atoms. The monoisotopic (exact) mass is 146 g/mol. The number of hydrogen-bond donors (Lipinski definition) is 0. The molecule has 0 radical (unpaired) electrons. The van der Waals surface area contributed by atoms with Gasteiger partial charge >= 0.3 is 0 Å². The van der Waals surface area contributed by atoms with Crippen LogP contribution in [0.3, 0.4) is 0 Å². The van der Waals surface area contributed by atoms with E-state index in [1.165, 1.54) is 0 Å². The number of rotatable bonds is 1. The molecule has 2 rings (SSSR count). The molecule has 0 bridgehead atoms. The van der Waals surface area contributed by atoms with Gasteiger partial charge in [-0.25, -0.2) is 0 Å². The molecule has 0 fully saturated rings. The summed E-state index contributed by atoms with van der Waals surface area (Å²) in [6.45, 7) is 0. The smallest absolute Gasteiger partial charge is 0.185 e. The standard InChI is InChI=1S/C9H6O2/c10-6-8-5-4-7-2-1-3-9(7)11-8/h1-6H. The second-order valence-electron chi connectivity index (χ2n) is 2.30. The van der Waals surface area contributed by atoms with Gasteiger partial charge < -0.3 is 4.42 Å². The molecule has 1 heterocycles. The Labute approximate surface area is 63.8 Å². The van der Waals surface area contributed by atoms with Gasteiger partial charge in [0.1, 0.15) is 5.76 Å². The van der Waals surface area contributed by atoms with Gasteiger partial charge in [-0.3, -0.25) is 4.79 Å². The van der Waals surface area contributed by atoms with Crippen LogP contribution in [0.15, 0.2) is 34.7 Å². The summed E-state index contributed by atoms with van der Waals surface area (Å²) < 4.78 is 5.18. The molecule has 2 nitrogen and oxygen atoms in total. The molecule has 0 aromatic carbocycles. The molecule has 1 aliphatic heterocycles. The van der Waals surface area contributed by atoms with Crippen molar-refractivity contribution in [3.05, 3.63) is 36.1 Å². The first kappa shape index (κ1) is 6.16. The van der Waals surface area contributed by atoms with Crippen LogP contribution in [0.25, 0.3) is 11.3 Å². The molecule has 1 aliphatic carbocycles. The largest absolute Gasteiger partial charge is 0.453 e. The number of carbonyl (C=O) groups is 1. The number of fused-ring (bicyclic) bond motifs is 1. The average molecular weight is 146 g/mol. The number of hydrogen-bond acceptors (Lipinski definition) is 2. The van der Waals surface area contributed by atoms with Crippen molar-refractivity contribution in [3.63, 3.8) is 0 Å². The van der Waals surface area contributed by atoms with E-state index in [0.717, 1.165) is 11.3 Å². The molecule has 2 aliphatic rings. The van der Waals surface area contributed by atoms with E-state index in [9.17, 15) is 4.79 Å². The van der Waals surface area contributed by atoms with Crippen LogP contribution in [0.4, 0.5) is 0 Å². The van der Waals surface area contributed by atoms with E-state index in [1.807, 2.05) is 24.3 Å². The Hall–Kier alpha value is -1.57. The van der Waals surface area contributed by atoms with Crippen LogP contribution in [-0.2, 0) is 0 Å². The first-order chi connectivity index (χ1) is 5.40. The van der Waals surface area contributed by atoms with Gasteiger partial charge in [-0.2, -0.15) is 0 Å². The minimum Gasteiger partial charge on any atom is -0.453 e. The Kier molecular flexibility index (Phi) is 1.25. The zero-order valence-electron chi connectivity index (χ0n) is 5.78. The zero-order chi connectivity index (χ0) is 7.68. The maximum Gasteiger partial charge on any atom is 0.185 e. The lowest BCUT2D eigenvalue weighted by Gasteiger charge is -1.96. The molecule has 54 valence electrons. The predicted molar refractivity (Wildman–Crippen MR) is 40.7 cm³/mol. The maximum absolute atomic E-state index is 10.3. The lowest BCUT2D eigenvalue weighted by Crippen LogP contribution is -1.80. The molecule has 0 saturated heterocycles. The van der Waals surface area contributed by atoms with E-state index in [1.54, 1.807) is 6.07 Å². The van der Waals surface area contributed by atoms with Crippen molar-refractivity contribution in [3.8, 4) is 11.3 Å². The second kappa shape index (κ2) is 2.23. The highest BCUT2D eigenvalue weighted by Crippen LogP contribution is 2.22. The quantitative estimate of drug-likeness (QED) is 0.577. The lowest BCUT2D eigenvalue weighted by atomic mass is 10.2. The second-order valence-corrected chi connectivity index (χ2v) is 2.30. The predicted octanol–water partition coefficient (Wildman–Crippen LogP) is 2.20. The average Bonchev–Trinajstić information content (AvgIpc) is 2.50. The van der Waals surface area contributed by atoms with Gasteiger partial charge in [0.15, 0.2) is 12.0 Å². The molecule has 0 saturated carbocycles. The van der Waals surface area contributed by atoms with Crippen LogP contribution < -0.4 is 0 Å². The fraction of sp³-hybridized carbons (Fsp3) is 0. The third kappa shape index (κ3) is 0.923. The Morgan fingerprint density at radius 3 is 2.91 bits per heavy atom. The lowest BCUT2D eigenvalue weighted by molar-refractivity contribution is 0.109. The normalized spacial score (nSPS) is 10.2. The Morgan fingerprint density at radius 2 is 2.09 bits per heavy atom. The van der Waals surface area contributed by atoms with Gasteiger partial charge in [-0.1, -0.05) is 12.1 Å². The van der Waals surface area contributed by atoms with E-state index in [0.29, 0.717) is 12.0 Å². The van der Waals surface area contributed by atoms with Crippen LogP contribution in [-0.4, -0.2) is 6.29 Å². The molecule has 0 aromatic rings. The number of carbonyl (C=O) groups excluding carboxylic acids is 1. The van der Waals surface area contributed by atoms with Crippen molar-refractivity contribution in [1.82, 2.24) is 0 Å². The summed E-state index contributed by atoms with van der Waals surface area (Å²) in [5.41, 5.74) is 1.02. The zero-order valence-corrected chi connectivity index (χ0v) is 5.78. The molecule has 0 N–H and O–H groups in total. The van der Waals surface area contributed by atoms with Gasteiger partial charge in [0.2, 0.25) is 0 Å². The third-order valence-corrected chi connectivity index (χ3v) is 1.58. The molecule has 11 heavy (non-hydrogen) atoms. The minimum absolute atomic E-state index is 0.365. The minimum atomic E-state index is 0.365. The highest BCUT2D eigenvalue weighted by molar-refractivity contribution is 5.73. The summed E-state index contributed by atoms with van der Waals surface area (Å²) in [5, 5.41) is 0. The Morgan fingerprint density at radius 1 is 1.18 bits per heavy atom. The van der Waals surface area contributed by atoms with Crippen molar-refractivity contribution < 1.29 is 9.21 Å². The van der Waals surface area contributed by atoms with E-state index < -0.39 is 0 Å². The first-order valence-electron chi connectivity index (χ1n) is 3.34. The Bertz CT molecular complexity index is 349. The van der Waals surface area contributed by atoms with Crippen molar-refractivity contribution >= 4 is 6.29 Å². The molecule has 2 heteroatoms.